The first-order valence-corrected chi connectivity index (χ1v) is 8.02. The Morgan fingerprint density at radius 1 is 1.21 bits per heavy atom. The molecule has 1 fully saturated rings. The normalized spacial score (nSPS) is 17.1. The second kappa shape index (κ2) is 8.01. The average Bonchev–Trinajstić information content (AvgIpc) is 2.60. The highest BCUT2D eigenvalue weighted by molar-refractivity contribution is 5.94. The highest BCUT2D eigenvalue weighted by Gasteiger charge is 2.28. The number of nitrogens with two attached hydrogens (primary N) is 1. The summed E-state index contributed by atoms with van der Waals surface area (Å²) < 4.78 is 10.4. The lowest BCUT2D eigenvalue weighted by molar-refractivity contribution is -0.124. The van der Waals surface area contributed by atoms with E-state index in [1.807, 2.05) is 6.92 Å². The standard InChI is InChI=1S/C17H25N3O4/c1-11(20-8-6-12(7-9-20)16(18)21)17(22)19-13-4-5-14(23-2)15(10-13)24-3/h4-5,10-12H,6-9H2,1-3H3,(H2,18,21)(H,19,22)/t11-/m0/s1. The molecular weight excluding hydrogens is 310 g/mol. The molecule has 1 heterocycles. The monoisotopic (exact) mass is 335 g/mol. The zero-order chi connectivity index (χ0) is 17.7. The third kappa shape index (κ3) is 4.17. The molecule has 2 rings (SSSR count). The quantitative estimate of drug-likeness (QED) is 0.815. The second-order valence-corrected chi connectivity index (χ2v) is 5.95. The largest absolute Gasteiger partial charge is 0.493 e. The van der Waals surface area contributed by atoms with Crippen LogP contribution in [-0.2, 0) is 9.59 Å². The fourth-order valence-electron chi connectivity index (χ4n) is 2.90. The summed E-state index contributed by atoms with van der Waals surface area (Å²) in [6, 6.07) is 4.96. The number of nitrogens with one attached hydrogen (secondary N) is 1. The zero-order valence-electron chi connectivity index (χ0n) is 14.4. The number of carbonyl (C=O) groups excluding carboxylic acids is 2. The molecule has 0 bridgehead atoms. The van der Waals surface area contributed by atoms with Gasteiger partial charge >= 0.3 is 0 Å². The van der Waals surface area contributed by atoms with Crippen molar-refractivity contribution in [1.82, 2.24) is 4.90 Å². The summed E-state index contributed by atoms with van der Waals surface area (Å²) in [5.41, 5.74) is 5.99. The molecule has 24 heavy (non-hydrogen) atoms. The number of benzene rings is 1. The summed E-state index contributed by atoms with van der Waals surface area (Å²) in [5.74, 6) is 0.737. The number of methoxy groups -OCH3 is 2. The van der Waals surface area contributed by atoms with Crippen molar-refractivity contribution < 1.29 is 19.1 Å². The highest BCUT2D eigenvalue weighted by Crippen LogP contribution is 2.30. The SMILES string of the molecule is COc1ccc(NC(=O)[C@H](C)N2CCC(C(N)=O)CC2)cc1OC. The first-order valence-electron chi connectivity index (χ1n) is 8.02. The highest BCUT2D eigenvalue weighted by atomic mass is 16.5. The van der Waals surface area contributed by atoms with Crippen molar-refractivity contribution in [2.75, 3.05) is 32.6 Å². The molecule has 1 aliphatic heterocycles. The molecule has 1 aliphatic rings. The minimum absolute atomic E-state index is 0.0811. The molecular formula is C17H25N3O4. The van der Waals surface area contributed by atoms with Crippen molar-refractivity contribution in [3.63, 3.8) is 0 Å². The second-order valence-electron chi connectivity index (χ2n) is 5.95. The maximum atomic E-state index is 12.5. The summed E-state index contributed by atoms with van der Waals surface area (Å²) in [7, 11) is 3.11. The van der Waals surface area contributed by atoms with Crippen LogP contribution in [0, 0.1) is 5.92 Å². The van der Waals surface area contributed by atoms with Gasteiger partial charge in [-0.1, -0.05) is 0 Å². The van der Waals surface area contributed by atoms with E-state index in [-0.39, 0.29) is 23.8 Å². The van der Waals surface area contributed by atoms with E-state index in [9.17, 15) is 9.59 Å². The summed E-state index contributed by atoms with van der Waals surface area (Å²) in [5, 5.41) is 2.89. The van der Waals surface area contributed by atoms with Crippen molar-refractivity contribution in [3.8, 4) is 11.5 Å². The third-order valence-electron chi connectivity index (χ3n) is 4.51. The zero-order valence-corrected chi connectivity index (χ0v) is 14.4. The van der Waals surface area contributed by atoms with Gasteiger partial charge in [0.05, 0.1) is 20.3 Å². The molecule has 1 aromatic carbocycles. The van der Waals surface area contributed by atoms with Crippen LogP contribution in [-0.4, -0.2) is 50.1 Å². The van der Waals surface area contributed by atoms with Crippen LogP contribution in [0.15, 0.2) is 18.2 Å². The van der Waals surface area contributed by atoms with Gasteiger partial charge in [0, 0.05) is 17.7 Å². The number of likely N-dealkylation sites (tertiary alicyclic amines) is 1. The van der Waals surface area contributed by atoms with Crippen molar-refractivity contribution >= 4 is 17.5 Å². The number of amides is 2. The van der Waals surface area contributed by atoms with Gasteiger partial charge in [0.15, 0.2) is 11.5 Å². The van der Waals surface area contributed by atoms with Gasteiger partial charge in [0.25, 0.3) is 0 Å². The van der Waals surface area contributed by atoms with Gasteiger partial charge in [-0.2, -0.15) is 0 Å². The molecule has 132 valence electrons. The lowest BCUT2D eigenvalue weighted by atomic mass is 9.95. The molecule has 1 atom stereocenters. The molecule has 7 nitrogen and oxygen atoms in total. The summed E-state index contributed by atoms with van der Waals surface area (Å²) in [4.78, 5) is 25.8. The van der Waals surface area contributed by atoms with Gasteiger partial charge in [-0.25, -0.2) is 0 Å². The van der Waals surface area contributed by atoms with E-state index in [0.717, 1.165) is 0 Å². The Morgan fingerprint density at radius 2 is 1.83 bits per heavy atom. The Balaban J connectivity index is 1.96. The number of hydrogen-bond acceptors (Lipinski definition) is 5. The molecule has 1 saturated heterocycles. The van der Waals surface area contributed by atoms with Crippen LogP contribution >= 0.6 is 0 Å². The molecule has 3 N–H and O–H groups in total. The summed E-state index contributed by atoms with van der Waals surface area (Å²) in [6.45, 7) is 3.24. The molecule has 0 saturated carbocycles. The van der Waals surface area contributed by atoms with Crippen LogP contribution in [0.1, 0.15) is 19.8 Å². The fourth-order valence-corrected chi connectivity index (χ4v) is 2.90. The lowest BCUT2D eigenvalue weighted by Crippen LogP contribution is -2.47. The number of piperidine rings is 1. The number of hydrogen-bond donors (Lipinski definition) is 2. The van der Waals surface area contributed by atoms with Crippen LogP contribution in [0.3, 0.4) is 0 Å². The number of rotatable bonds is 6. The van der Waals surface area contributed by atoms with E-state index in [2.05, 4.69) is 10.2 Å². The first kappa shape index (κ1) is 18.1. The van der Waals surface area contributed by atoms with Gasteiger partial charge in [-0.15, -0.1) is 0 Å². The summed E-state index contributed by atoms with van der Waals surface area (Å²) in [6.07, 6.45) is 1.40. The number of ether oxygens (including phenoxy) is 2. The number of carbonyl (C=O) groups is 2. The fraction of sp³-hybridized carbons (Fsp3) is 0.529. The number of anilines is 1. The van der Waals surface area contributed by atoms with Gasteiger partial charge < -0.3 is 20.5 Å². The van der Waals surface area contributed by atoms with Crippen LogP contribution in [0.4, 0.5) is 5.69 Å². The molecule has 0 radical (unpaired) electrons. The molecule has 2 amide bonds. The molecule has 0 aliphatic carbocycles. The third-order valence-corrected chi connectivity index (χ3v) is 4.51. The van der Waals surface area contributed by atoms with E-state index in [1.165, 1.54) is 0 Å². The Hall–Kier alpha value is -2.28. The lowest BCUT2D eigenvalue weighted by Gasteiger charge is -2.34. The van der Waals surface area contributed by atoms with E-state index in [1.54, 1.807) is 32.4 Å². The van der Waals surface area contributed by atoms with Crippen molar-refractivity contribution in [3.05, 3.63) is 18.2 Å². The van der Waals surface area contributed by atoms with Gasteiger partial charge in [-0.3, -0.25) is 14.5 Å². The maximum absolute atomic E-state index is 12.5. The van der Waals surface area contributed by atoms with Crippen LogP contribution in [0.25, 0.3) is 0 Å². The number of nitrogens with zero attached hydrogens (tertiary/aromatic N) is 1. The van der Waals surface area contributed by atoms with E-state index >= 15 is 0 Å². The van der Waals surface area contributed by atoms with Gasteiger partial charge in [0.1, 0.15) is 0 Å². The Morgan fingerprint density at radius 3 is 2.38 bits per heavy atom. The Bertz CT molecular complexity index is 597. The molecule has 0 unspecified atom stereocenters. The van der Waals surface area contributed by atoms with Crippen molar-refractivity contribution in [2.24, 2.45) is 11.7 Å². The van der Waals surface area contributed by atoms with Gasteiger partial charge in [-0.05, 0) is 45.0 Å². The van der Waals surface area contributed by atoms with E-state index < -0.39 is 0 Å². The molecule has 0 spiro atoms. The van der Waals surface area contributed by atoms with Crippen LogP contribution in [0.5, 0.6) is 11.5 Å². The van der Waals surface area contributed by atoms with Gasteiger partial charge in [0.2, 0.25) is 11.8 Å². The smallest absolute Gasteiger partial charge is 0.241 e. The predicted molar refractivity (Wildman–Crippen MR) is 91.1 cm³/mol. The molecule has 7 heteroatoms. The van der Waals surface area contributed by atoms with Crippen molar-refractivity contribution in [1.29, 1.82) is 0 Å². The molecule has 0 aromatic heterocycles. The van der Waals surface area contributed by atoms with Crippen LogP contribution < -0.4 is 20.5 Å². The minimum Gasteiger partial charge on any atom is -0.493 e. The van der Waals surface area contributed by atoms with E-state index in [0.29, 0.717) is 43.1 Å². The first-order chi connectivity index (χ1) is 11.5. The van der Waals surface area contributed by atoms with Crippen LogP contribution in [0.2, 0.25) is 0 Å². The Labute approximate surface area is 142 Å². The predicted octanol–water partition coefficient (Wildman–Crippen LogP) is 1.23. The Kier molecular flexibility index (Phi) is 6.03. The topological polar surface area (TPSA) is 93.9 Å². The number of primary amides is 1. The summed E-state index contributed by atoms with van der Waals surface area (Å²) >= 11 is 0. The van der Waals surface area contributed by atoms with E-state index in [4.69, 9.17) is 15.2 Å². The maximum Gasteiger partial charge on any atom is 0.241 e. The molecule has 1 aromatic rings. The minimum atomic E-state index is -0.285. The average molecular weight is 335 g/mol. The van der Waals surface area contributed by atoms with Crippen molar-refractivity contribution in [2.45, 2.75) is 25.8 Å².